The van der Waals surface area contributed by atoms with Crippen LogP contribution in [0.15, 0.2) is 59.0 Å². The number of aliphatic hydroxyl groups excluding tert-OH is 1. The largest absolute Gasteiger partial charge is 0.494 e. The number of thiocarbonyl (C=S) groups is 1. The molecule has 0 atom stereocenters. The topological polar surface area (TPSA) is 83.7 Å². The van der Waals surface area contributed by atoms with Gasteiger partial charge in [0.1, 0.15) is 23.9 Å². The van der Waals surface area contributed by atoms with Crippen molar-refractivity contribution in [2.45, 2.75) is 13.5 Å². The minimum atomic E-state index is -0.366. The average Bonchev–Trinajstić information content (AvgIpc) is 3.19. The number of benzene rings is 2. The molecule has 0 saturated carbocycles. The molecule has 1 heterocycles. The number of ether oxygens (including phenoxy) is 1. The number of nitrogens with one attached hydrogen (secondary N) is 2. The van der Waals surface area contributed by atoms with Gasteiger partial charge in [0.15, 0.2) is 5.11 Å². The van der Waals surface area contributed by atoms with Gasteiger partial charge in [-0.3, -0.25) is 10.1 Å². The van der Waals surface area contributed by atoms with E-state index in [4.69, 9.17) is 38.1 Å². The standard InChI is InChI=1S/C21H19ClN2O4S/c1-2-27-15-5-3-4-14(10-15)20(26)24-21(29)23-18-11-13(6-8-17(18)22)19-9-7-16(12-25)28-19/h3-11,25H,2,12H2,1H3,(H2,23,24,26,29). The molecule has 6 nitrogen and oxygen atoms in total. The van der Waals surface area contributed by atoms with Gasteiger partial charge in [-0.15, -0.1) is 0 Å². The second-order valence-corrected chi connectivity index (χ2v) is 6.80. The molecular weight excluding hydrogens is 412 g/mol. The fourth-order valence-electron chi connectivity index (χ4n) is 2.62. The van der Waals surface area contributed by atoms with Crippen LogP contribution in [0.4, 0.5) is 5.69 Å². The van der Waals surface area contributed by atoms with Gasteiger partial charge in [0, 0.05) is 11.1 Å². The molecule has 29 heavy (non-hydrogen) atoms. The van der Waals surface area contributed by atoms with Gasteiger partial charge in [-0.2, -0.15) is 0 Å². The van der Waals surface area contributed by atoms with Crippen LogP contribution < -0.4 is 15.4 Å². The van der Waals surface area contributed by atoms with Crippen LogP contribution in [0.5, 0.6) is 5.75 Å². The first-order chi connectivity index (χ1) is 14.0. The lowest BCUT2D eigenvalue weighted by molar-refractivity contribution is 0.0977. The van der Waals surface area contributed by atoms with E-state index in [1.807, 2.05) is 6.92 Å². The van der Waals surface area contributed by atoms with Crippen molar-refractivity contribution in [2.75, 3.05) is 11.9 Å². The molecule has 0 aliphatic rings. The minimum Gasteiger partial charge on any atom is -0.494 e. The SMILES string of the molecule is CCOc1cccc(C(=O)NC(=S)Nc2cc(-c3ccc(CO)o3)ccc2Cl)c1. The van der Waals surface area contributed by atoms with Gasteiger partial charge in [0.05, 0.1) is 17.3 Å². The van der Waals surface area contributed by atoms with E-state index in [1.165, 1.54) is 0 Å². The predicted octanol–water partition coefficient (Wildman–Crippen LogP) is 4.62. The van der Waals surface area contributed by atoms with Crippen molar-refractivity contribution in [1.29, 1.82) is 0 Å². The highest BCUT2D eigenvalue weighted by Gasteiger charge is 2.12. The van der Waals surface area contributed by atoms with E-state index in [0.29, 0.717) is 40.2 Å². The van der Waals surface area contributed by atoms with E-state index >= 15 is 0 Å². The Morgan fingerprint density at radius 3 is 2.76 bits per heavy atom. The van der Waals surface area contributed by atoms with Gasteiger partial charge in [-0.05, 0) is 67.7 Å². The smallest absolute Gasteiger partial charge is 0.257 e. The van der Waals surface area contributed by atoms with Crippen molar-refractivity contribution >= 4 is 40.5 Å². The second kappa shape index (κ2) is 9.56. The van der Waals surface area contributed by atoms with Gasteiger partial charge in [-0.25, -0.2) is 0 Å². The summed E-state index contributed by atoms with van der Waals surface area (Å²) in [6.07, 6.45) is 0. The number of anilines is 1. The Bertz CT molecular complexity index is 1040. The van der Waals surface area contributed by atoms with Crippen LogP contribution in [0.1, 0.15) is 23.0 Å². The normalized spacial score (nSPS) is 10.4. The van der Waals surface area contributed by atoms with Gasteiger partial charge >= 0.3 is 0 Å². The highest BCUT2D eigenvalue weighted by atomic mass is 35.5. The summed E-state index contributed by atoms with van der Waals surface area (Å²) >= 11 is 11.5. The number of carbonyl (C=O) groups is 1. The average molecular weight is 431 g/mol. The fraction of sp³-hybridized carbons (Fsp3) is 0.143. The summed E-state index contributed by atoms with van der Waals surface area (Å²) in [5.74, 6) is 1.28. The van der Waals surface area contributed by atoms with Crippen LogP contribution in [-0.2, 0) is 6.61 Å². The molecule has 0 bridgehead atoms. The van der Waals surface area contributed by atoms with Crippen molar-refractivity contribution < 1.29 is 19.1 Å². The first kappa shape index (κ1) is 20.9. The summed E-state index contributed by atoms with van der Waals surface area (Å²) in [4.78, 5) is 12.4. The first-order valence-corrected chi connectivity index (χ1v) is 9.63. The van der Waals surface area contributed by atoms with Crippen molar-refractivity contribution in [3.05, 3.63) is 70.9 Å². The van der Waals surface area contributed by atoms with Crippen LogP contribution >= 0.6 is 23.8 Å². The number of furan rings is 1. The minimum absolute atomic E-state index is 0.103. The molecule has 3 aromatic rings. The number of amides is 1. The molecule has 0 saturated heterocycles. The quantitative estimate of drug-likeness (QED) is 0.495. The van der Waals surface area contributed by atoms with E-state index in [2.05, 4.69) is 10.6 Å². The Labute approximate surface area is 178 Å². The van der Waals surface area contributed by atoms with Crippen LogP contribution in [0, 0.1) is 0 Å². The Hall–Kier alpha value is -2.87. The summed E-state index contributed by atoms with van der Waals surface area (Å²) in [5, 5.41) is 15.2. The molecule has 8 heteroatoms. The number of halogens is 1. The molecule has 3 N–H and O–H groups in total. The Balaban J connectivity index is 1.70. The number of hydrogen-bond donors (Lipinski definition) is 3. The van der Waals surface area contributed by atoms with Gasteiger partial charge in [0.25, 0.3) is 5.91 Å². The van der Waals surface area contributed by atoms with Crippen LogP contribution in [0.3, 0.4) is 0 Å². The van der Waals surface area contributed by atoms with E-state index < -0.39 is 0 Å². The van der Waals surface area contributed by atoms with Crippen molar-refractivity contribution in [3.8, 4) is 17.1 Å². The molecule has 1 amide bonds. The van der Waals surface area contributed by atoms with Crippen LogP contribution in [-0.4, -0.2) is 22.7 Å². The molecule has 0 aliphatic heterocycles. The number of carbonyl (C=O) groups excluding carboxylic acids is 1. The summed E-state index contributed by atoms with van der Waals surface area (Å²) in [7, 11) is 0. The molecular formula is C21H19ClN2O4S. The molecule has 0 fully saturated rings. The zero-order valence-electron chi connectivity index (χ0n) is 15.6. The Kier molecular flexibility index (Phi) is 6.87. The molecule has 1 aromatic heterocycles. The van der Waals surface area contributed by atoms with Crippen molar-refractivity contribution in [2.24, 2.45) is 0 Å². The summed E-state index contributed by atoms with van der Waals surface area (Å²) < 4.78 is 10.9. The molecule has 0 unspecified atom stereocenters. The maximum absolute atomic E-state index is 12.4. The third-order valence-corrected chi connectivity index (χ3v) is 4.48. The fourth-order valence-corrected chi connectivity index (χ4v) is 2.98. The van der Waals surface area contributed by atoms with Crippen LogP contribution in [0.2, 0.25) is 5.02 Å². The number of aliphatic hydroxyl groups is 1. The van der Waals surface area contributed by atoms with Crippen molar-refractivity contribution in [3.63, 3.8) is 0 Å². The lowest BCUT2D eigenvalue weighted by Crippen LogP contribution is -2.34. The number of hydrogen-bond acceptors (Lipinski definition) is 5. The molecule has 0 spiro atoms. The highest BCUT2D eigenvalue weighted by molar-refractivity contribution is 7.80. The van der Waals surface area contributed by atoms with E-state index in [0.717, 1.165) is 5.56 Å². The lowest BCUT2D eigenvalue weighted by Gasteiger charge is -2.12. The summed E-state index contributed by atoms with van der Waals surface area (Å²) in [6.45, 7) is 2.20. The number of rotatable bonds is 6. The van der Waals surface area contributed by atoms with E-state index in [1.54, 1.807) is 54.6 Å². The molecule has 3 rings (SSSR count). The second-order valence-electron chi connectivity index (χ2n) is 5.99. The Morgan fingerprint density at radius 1 is 1.21 bits per heavy atom. The first-order valence-electron chi connectivity index (χ1n) is 8.85. The maximum atomic E-state index is 12.4. The summed E-state index contributed by atoms with van der Waals surface area (Å²) in [5.41, 5.74) is 1.68. The molecule has 2 aromatic carbocycles. The maximum Gasteiger partial charge on any atom is 0.257 e. The van der Waals surface area contributed by atoms with Gasteiger partial charge in [0.2, 0.25) is 0 Å². The zero-order chi connectivity index (χ0) is 20.8. The highest BCUT2D eigenvalue weighted by Crippen LogP contribution is 2.30. The monoisotopic (exact) mass is 430 g/mol. The van der Waals surface area contributed by atoms with E-state index in [9.17, 15) is 4.79 Å². The Morgan fingerprint density at radius 2 is 2.03 bits per heavy atom. The lowest BCUT2D eigenvalue weighted by atomic mass is 10.1. The summed E-state index contributed by atoms with van der Waals surface area (Å²) in [6, 6.07) is 15.5. The third kappa shape index (κ3) is 5.35. The van der Waals surface area contributed by atoms with Gasteiger partial charge < -0.3 is 19.6 Å². The molecule has 0 radical (unpaired) electrons. The molecule has 0 aliphatic carbocycles. The van der Waals surface area contributed by atoms with E-state index in [-0.39, 0.29) is 17.6 Å². The van der Waals surface area contributed by atoms with Crippen molar-refractivity contribution in [1.82, 2.24) is 5.32 Å². The van der Waals surface area contributed by atoms with Gasteiger partial charge in [-0.1, -0.05) is 17.7 Å². The predicted molar refractivity (Wildman–Crippen MR) is 116 cm³/mol. The third-order valence-electron chi connectivity index (χ3n) is 3.95. The molecule has 150 valence electrons. The zero-order valence-corrected chi connectivity index (χ0v) is 17.1. The van der Waals surface area contributed by atoms with Crippen LogP contribution in [0.25, 0.3) is 11.3 Å².